The number of benzene rings is 1. The van der Waals surface area contributed by atoms with Crippen molar-refractivity contribution < 1.29 is 27.8 Å². The average molecular weight is 332 g/mol. The predicted molar refractivity (Wildman–Crippen MR) is 82.0 cm³/mol. The van der Waals surface area contributed by atoms with E-state index in [-0.39, 0.29) is 17.7 Å². The summed E-state index contributed by atoms with van der Waals surface area (Å²) in [6.07, 6.45) is 1.08. The Balaban J connectivity index is 2.03. The predicted octanol–water partition coefficient (Wildman–Crippen LogP) is 5.27. The van der Waals surface area contributed by atoms with Gasteiger partial charge in [0.1, 0.15) is 0 Å². The summed E-state index contributed by atoms with van der Waals surface area (Å²) in [5, 5.41) is 9.73. The van der Waals surface area contributed by atoms with E-state index in [4.69, 9.17) is 4.74 Å². The van der Waals surface area contributed by atoms with E-state index in [9.17, 15) is 23.1 Å². The summed E-state index contributed by atoms with van der Waals surface area (Å²) in [4.78, 5) is 10.7. The molecular formula is C17H23F3O3. The second-order valence-corrected chi connectivity index (χ2v) is 5.50. The van der Waals surface area contributed by atoms with Crippen LogP contribution in [0.15, 0.2) is 18.2 Å². The fourth-order valence-electron chi connectivity index (χ4n) is 2.24. The Kier molecular flexibility index (Phi) is 8.51. The molecule has 0 aliphatic carbocycles. The zero-order chi connectivity index (χ0) is 17.1. The zero-order valence-electron chi connectivity index (χ0n) is 13.1. The maximum atomic E-state index is 11.9. The van der Waals surface area contributed by atoms with Gasteiger partial charge in [0.05, 0.1) is 12.2 Å². The van der Waals surface area contributed by atoms with Gasteiger partial charge in [-0.3, -0.25) is 4.79 Å². The minimum Gasteiger partial charge on any atom is -0.504 e. The van der Waals surface area contributed by atoms with E-state index in [2.05, 4.69) is 0 Å². The number of alkyl halides is 3. The van der Waals surface area contributed by atoms with Gasteiger partial charge in [0.15, 0.2) is 17.8 Å². The number of unbranched alkanes of at least 4 members (excludes halogenated alkanes) is 6. The van der Waals surface area contributed by atoms with Crippen LogP contribution in [0.2, 0.25) is 0 Å². The van der Waals surface area contributed by atoms with Crippen molar-refractivity contribution in [3.05, 3.63) is 23.8 Å². The van der Waals surface area contributed by atoms with Gasteiger partial charge in [0.25, 0.3) is 0 Å². The summed E-state index contributed by atoms with van der Waals surface area (Å²) in [6, 6.07) is 4.75. The summed E-state index contributed by atoms with van der Waals surface area (Å²) in [5.74, 6) is 0.147. The number of hydrogen-bond acceptors (Lipinski definition) is 3. The number of hydrogen-bond donors (Lipinski definition) is 1. The maximum Gasteiger partial charge on any atom is 0.389 e. The standard InChI is InChI=1S/C17H23F3O3/c18-17(19,20)11-6-4-2-1-3-5-7-12-23-15-10-8-9-14(13-21)16(15)22/h8-10,13,22H,1-7,11-12H2. The van der Waals surface area contributed by atoms with Crippen molar-refractivity contribution in [2.75, 3.05) is 6.61 Å². The van der Waals surface area contributed by atoms with Gasteiger partial charge in [0.2, 0.25) is 0 Å². The summed E-state index contributed by atoms with van der Waals surface area (Å²) < 4.78 is 41.2. The topological polar surface area (TPSA) is 46.5 Å². The van der Waals surface area contributed by atoms with Gasteiger partial charge in [-0.05, 0) is 25.0 Å². The second-order valence-electron chi connectivity index (χ2n) is 5.50. The first-order valence-corrected chi connectivity index (χ1v) is 7.91. The monoisotopic (exact) mass is 332 g/mol. The van der Waals surface area contributed by atoms with Gasteiger partial charge in [-0.25, -0.2) is 0 Å². The number of phenolic OH excluding ortho intramolecular Hbond substituents is 1. The summed E-state index contributed by atoms with van der Waals surface area (Å²) >= 11 is 0. The van der Waals surface area contributed by atoms with Crippen molar-refractivity contribution in [3.63, 3.8) is 0 Å². The number of halogens is 3. The highest BCUT2D eigenvalue weighted by Crippen LogP contribution is 2.28. The summed E-state index contributed by atoms with van der Waals surface area (Å²) in [7, 11) is 0. The maximum absolute atomic E-state index is 11.9. The molecule has 0 aromatic heterocycles. The van der Waals surface area contributed by atoms with Crippen molar-refractivity contribution in [1.29, 1.82) is 0 Å². The van der Waals surface area contributed by atoms with Crippen LogP contribution in [0.3, 0.4) is 0 Å². The van der Waals surface area contributed by atoms with Crippen LogP contribution >= 0.6 is 0 Å². The molecule has 0 heterocycles. The second kappa shape index (κ2) is 10.1. The van der Waals surface area contributed by atoms with Gasteiger partial charge < -0.3 is 9.84 Å². The molecule has 0 atom stereocenters. The summed E-state index contributed by atoms with van der Waals surface area (Å²) in [6.45, 7) is 0.434. The Labute approximate surface area is 134 Å². The van der Waals surface area contributed by atoms with E-state index in [0.29, 0.717) is 25.1 Å². The normalized spacial score (nSPS) is 11.4. The lowest BCUT2D eigenvalue weighted by molar-refractivity contribution is -0.135. The van der Waals surface area contributed by atoms with Crippen LogP contribution in [0, 0.1) is 0 Å². The third kappa shape index (κ3) is 8.47. The third-order valence-electron chi connectivity index (χ3n) is 3.52. The van der Waals surface area contributed by atoms with Crippen LogP contribution in [0.5, 0.6) is 11.5 Å². The Bertz CT molecular complexity index is 473. The molecule has 1 N–H and O–H groups in total. The molecule has 0 aliphatic rings. The Hall–Kier alpha value is -1.72. The molecule has 0 aliphatic heterocycles. The SMILES string of the molecule is O=Cc1cccc(OCCCCCCCCCC(F)(F)F)c1O. The number of para-hydroxylation sites is 1. The molecule has 0 fully saturated rings. The van der Waals surface area contributed by atoms with Crippen molar-refractivity contribution in [1.82, 2.24) is 0 Å². The number of ether oxygens (including phenoxy) is 1. The molecule has 6 heteroatoms. The van der Waals surface area contributed by atoms with Gasteiger partial charge >= 0.3 is 6.18 Å². The van der Waals surface area contributed by atoms with E-state index in [0.717, 1.165) is 32.1 Å². The van der Waals surface area contributed by atoms with Crippen LogP contribution in [0.1, 0.15) is 61.7 Å². The molecule has 0 saturated carbocycles. The summed E-state index contributed by atoms with van der Waals surface area (Å²) in [5.41, 5.74) is 0.196. The van der Waals surface area contributed by atoms with Crippen LogP contribution in [0.25, 0.3) is 0 Å². The van der Waals surface area contributed by atoms with Crippen molar-refractivity contribution in [2.45, 2.75) is 57.5 Å². The van der Waals surface area contributed by atoms with E-state index >= 15 is 0 Å². The molecule has 3 nitrogen and oxygen atoms in total. The molecule has 0 amide bonds. The van der Waals surface area contributed by atoms with Crippen molar-refractivity contribution >= 4 is 6.29 Å². The molecule has 0 bridgehead atoms. The van der Waals surface area contributed by atoms with Crippen LogP contribution < -0.4 is 4.74 Å². The minimum atomic E-state index is -4.04. The lowest BCUT2D eigenvalue weighted by Gasteiger charge is -2.09. The number of phenols is 1. The average Bonchev–Trinajstić information content (AvgIpc) is 2.49. The van der Waals surface area contributed by atoms with E-state index in [1.807, 2.05) is 0 Å². The first-order chi connectivity index (χ1) is 10.9. The molecule has 1 rings (SSSR count). The zero-order valence-corrected chi connectivity index (χ0v) is 13.1. The van der Waals surface area contributed by atoms with Crippen molar-refractivity contribution in [2.24, 2.45) is 0 Å². The van der Waals surface area contributed by atoms with Gasteiger partial charge in [-0.2, -0.15) is 13.2 Å². The molecule has 0 spiro atoms. The highest BCUT2D eigenvalue weighted by atomic mass is 19.4. The van der Waals surface area contributed by atoms with Gasteiger partial charge in [-0.15, -0.1) is 0 Å². The van der Waals surface area contributed by atoms with Gasteiger partial charge in [-0.1, -0.05) is 38.2 Å². The first kappa shape index (κ1) is 19.3. The van der Waals surface area contributed by atoms with E-state index in [1.165, 1.54) is 6.07 Å². The van der Waals surface area contributed by atoms with Gasteiger partial charge in [0, 0.05) is 6.42 Å². The van der Waals surface area contributed by atoms with Crippen LogP contribution in [-0.2, 0) is 0 Å². The fourth-order valence-corrected chi connectivity index (χ4v) is 2.24. The number of aromatic hydroxyl groups is 1. The molecule has 0 unspecified atom stereocenters. The lowest BCUT2D eigenvalue weighted by atomic mass is 10.1. The molecule has 130 valence electrons. The molecule has 1 aromatic rings. The fraction of sp³-hybridized carbons (Fsp3) is 0.588. The lowest BCUT2D eigenvalue weighted by Crippen LogP contribution is -2.06. The number of aldehydes is 1. The first-order valence-electron chi connectivity index (χ1n) is 7.91. The number of carbonyl (C=O) groups is 1. The Morgan fingerprint density at radius 3 is 2.22 bits per heavy atom. The Morgan fingerprint density at radius 2 is 1.61 bits per heavy atom. The molecule has 1 aromatic carbocycles. The molecular weight excluding hydrogens is 309 g/mol. The van der Waals surface area contributed by atoms with E-state index < -0.39 is 12.6 Å². The Morgan fingerprint density at radius 1 is 1.00 bits per heavy atom. The highest BCUT2D eigenvalue weighted by Gasteiger charge is 2.25. The quantitative estimate of drug-likeness (QED) is 0.444. The molecule has 0 saturated heterocycles. The largest absolute Gasteiger partial charge is 0.504 e. The third-order valence-corrected chi connectivity index (χ3v) is 3.52. The minimum absolute atomic E-state index is 0.146. The number of carbonyl (C=O) groups excluding carboxylic acids is 1. The van der Waals surface area contributed by atoms with Crippen molar-refractivity contribution in [3.8, 4) is 11.5 Å². The van der Waals surface area contributed by atoms with E-state index in [1.54, 1.807) is 12.1 Å². The smallest absolute Gasteiger partial charge is 0.389 e. The highest BCUT2D eigenvalue weighted by molar-refractivity contribution is 5.80. The molecule has 0 radical (unpaired) electrons. The number of rotatable bonds is 11. The van der Waals surface area contributed by atoms with Crippen LogP contribution in [0.4, 0.5) is 13.2 Å². The van der Waals surface area contributed by atoms with Crippen LogP contribution in [-0.4, -0.2) is 24.2 Å². The molecule has 23 heavy (non-hydrogen) atoms.